The van der Waals surface area contributed by atoms with E-state index in [-0.39, 0.29) is 0 Å². The highest BCUT2D eigenvalue weighted by atomic mass is 79.9. The molecular weight excluding hydrogens is 326 g/mol. The Balaban J connectivity index is 1.66. The zero-order valence-corrected chi connectivity index (χ0v) is 13.6. The monoisotopic (exact) mass is 345 g/mol. The summed E-state index contributed by atoms with van der Waals surface area (Å²) in [4.78, 5) is 5.05. The van der Waals surface area contributed by atoms with E-state index in [9.17, 15) is 0 Å². The summed E-state index contributed by atoms with van der Waals surface area (Å²) >= 11 is 3.58. The van der Waals surface area contributed by atoms with Gasteiger partial charge >= 0.3 is 0 Å². The third kappa shape index (κ3) is 1.92. The predicted octanol–water partition coefficient (Wildman–Crippen LogP) is 4.19. The second kappa shape index (κ2) is 4.56. The van der Waals surface area contributed by atoms with Crippen molar-refractivity contribution in [2.24, 2.45) is 11.8 Å². The maximum atomic E-state index is 5.05. The van der Waals surface area contributed by atoms with E-state index in [0.29, 0.717) is 12.1 Å². The Morgan fingerprint density at radius 2 is 2.10 bits per heavy atom. The molecular formula is C17H20BrN3. The quantitative estimate of drug-likeness (QED) is 0.884. The van der Waals surface area contributed by atoms with Crippen molar-refractivity contribution in [2.75, 3.05) is 6.54 Å². The van der Waals surface area contributed by atoms with Gasteiger partial charge in [0.15, 0.2) is 0 Å². The number of imidazole rings is 1. The number of aromatic nitrogens is 2. The van der Waals surface area contributed by atoms with Crippen molar-refractivity contribution >= 4 is 27.0 Å². The largest absolute Gasteiger partial charge is 0.324 e. The van der Waals surface area contributed by atoms with Crippen LogP contribution >= 0.6 is 15.9 Å². The molecule has 3 aliphatic rings. The number of fused-ring (bicyclic) bond motifs is 2. The van der Waals surface area contributed by atoms with Crippen LogP contribution in [-0.4, -0.2) is 16.1 Å². The van der Waals surface area contributed by atoms with Crippen LogP contribution in [0, 0.1) is 11.8 Å². The van der Waals surface area contributed by atoms with Crippen LogP contribution in [0.2, 0.25) is 0 Å². The van der Waals surface area contributed by atoms with Gasteiger partial charge < -0.3 is 9.88 Å². The molecule has 2 aromatic rings. The van der Waals surface area contributed by atoms with E-state index in [0.717, 1.165) is 21.8 Å². The van der Waals surface area contributed by atoms with E-state index in [1.165, 1.54) is 50.0 Å². The van der Waals surface area contributed by atoms with Crippen molar-refractivity contribution in [1.82, 2.24) is 14.9 Å². The Hall–Kier alpha value is -0.870. The van der Waals surface area contributed by atoms with Gasteiger partial charge in [-0.15, -0.1) is 0 Å². The smallest absolute Gasteiger partial charge is 0.127 e. The molecule has 3 nitrogen and oxygen atoms in total. The van der Waals surface area contributed by atoms with Crippen LogP contribution in [0.15, 0.2) is 22.7 Å². The summed E-state index contributed by atoms with van der Waals surface area (Å²) in [6.45, 7) is 1.19. The van der Waals surface area contributed by atoms with Gasteiger partial charge in [-0.05, 0) is 62.3 Å². The van der Waals surface area contributed by atoms with Gasteiger partial charge in [0.25, 0.3) is 0 Å². The molecule has 1 aliphatic heterocycles. The van der Waals surface area contributed by atoms with Crippen molar-refractivity contribution in [1.29, 1.82) is 0 Å². The lowest BCUT2D eigenvalue weighted by atomic mass is 9.93. The van der Waals surface area contributed by atoms with Crippen molar-refractivity contribution < 1.29 is 0 Å². The van der Waals surface area contributed by atoms with Crippen molar-refractivity contribution in [3.05, 3.63) is 28.5 Å². The Bertz CT molecular complexity index is 703. The molecule has 0 bridgehead atoms. The van der Waals surface area contributed by atoms with Gasteiger partial charge in [-0.3, -0.25) is 0 Å². The minimum Gasteiger partial charge on any atom is -0.324 e. The summed E-state index contributed by atoms with van der Waals surface area (Å²) in [6.07, 6.45) is 6.82. The molecule has 110 valence electrons. The summed E-state index contributed by atoms with van der Waals surface area (Å²) < 4.78 is 3.67. The molecule has 21 heavy (non-hydrogen) atoms. The molecule has 2 aliphatic carbocycles. The summed E-state index contributed by atoms with van der Waals surface area (Å²) in [6, 6.07) is 7.71. The van der Waals surface area contributed by atoms with E-state index in [1.807, 2.05) is 0 Å². The Morgan fingerprint density at radius 1 is 1.19 bits per heavy atom. The second-order valence-electron chi connectivity index (χ2n) is 6.94. The van der Waals surface area contributed by atoms with E-state index < -0.39 is 0 Å². The van der Waals surface area contributed by atoms with E-state index in [4.69, 9.17) is 4.98 Å². The molecule has 5 rings (SSSR count). The molecule has 2 heterocycles. The van der Waals surface area contributed by atoms with Gasteiger partial charge in [-0.2, -0.15) is 0 Å². The number of benzene rings is 1. The van der Waals surface area contributed by atoms with Gasteiger partial charge in [0.2, 0.25) is 0 Å². The van der Waals surface area contributed by atoms with Crippen LogP contribution < -0.4 is 5.32 Å². The lowest BCUT2D eigenvalue weighted by molar-refractivity contribution is 0.398. The Labute approximate surface area is 133 Å². The molecule has 1 N–H and O–H groups in total. The van der Waals surface area contributed by atoms with Crippen LogP contribution in [0.1, 0.15) is 50.0 Å². The molecule has 4 heteroatoms. The average Bonchev–Trinajstić information content (AvgIpc) is 2.93. The summed E-state index contributed by atoms with van der Waals surface area (Å²) in [7, 11) is 0. The average molecular weight is 346 g/mol. The maximum absolute atomic E-state index is 5.05. The lowest BCUT2D eigenvalue weighted by Gasteiger charge is -2.19. The Morgan fingerprint density at radius 3 is 2.95 bits per heavy atom. The van der Waals surface area contributed by atoms with Gasteiger partial charge in [0, 0.05) is 10.5 Å². The topological polar surface area (TPSA) is 29.9 Å². The third-order valence-corrected chi connectivity index (χ3v) is 6.11. The molecule has 3 atom stereocenters. The highest BCUT2D eigenvalue weighted by molar-refractivity contribution is 9.10. The minimum atomic E-state index is 0.476. The van der Waals surface area contributed by atoms with Crippen molar-refractivity contribution in [3.63, 3.8) is 0 Å². The number of nitrogens with one attached hydrogen (secondary N) is 1. The highest BCUT2D eigenvalue weighted by Gasteiger charge is 2.43. The fourth-order valence-corrected chi connectivity index (χ4v) is 4.85. The molecule has 1 aromatic carbocycles. The summed E-state index contributed by atoms with van der Waals surface area (Å²) in [5.74, 6) is 3.00. The first kappa shape index (κ1) is 12.7. The molecule has 1 saturated heterocycles. The number of rotatable bonds is 2. The fraction of sp³-hybridized carbons (Fsp3) is 0.588. The predicted molar refractivity (Wildman–Crippen MR) is 87.3 cm³/mol. The zero-order chi connectivity index (χ0) is 14.0. The molecule has 3 fully saturated rings. The minimum absolute atomic E-state index is 0.476. The van der Waals surface area contributed by atoms with Crippen molar-refractivity contribution in [3.8, 4) is 0 Å². The molecule has 1 aromatic heterocycles. The number of nitrogens with zero attached hydrogens (tertiary/aromatic N) is 2. The lowest BCUT2D eigenvalue weighted by Crippen LogP contribution is -2.22. The molecule has 0 radical (unpaired) electrons. The van der Waals surface area contributed by atoms with Gasteiger partial charge in [-0.1, -0.05) is 22.4 Å². The fourth-order valence-electron chi connectivity index (χ4n) is 4.50. The first-order chi connectivity index (χ1) is 10.3. The van der Waals surface area contributed by atoms with Crippen LogP contribution in [0.5, 0.6) is 0 Å². The van der Waals surface area contributed by atoms with Crippen LogP contribution in [0.3, 0.4) is 0 Å². The third-order valence-electron chi connectivity index (χ3n) is 5.61. The van der Waals surface area contributed by atoms with Gasteiger partial charge in [0.05, 0.1) is 17.1 Å². The van der Waals surface area contributed by atoms with E-state index >= 15 is 0 Å². The summed E-state index contributed by atoms with van der Waals surface area (Å²) in [5.41, 5.74) is 2.47. The maximum Gasteiger partial charge on any atom is 0.127 e. The van der Waals surface area contributed by atoms with Crippen LogP contribution in [0.25, 0.3) is 11.0 Å². The molecule has 3 unspecified atom stereocenters. The van der Waals surface area contributed by atoms with Crippen LogP contribution in [0.4, 0.5) is 0 Å². The van der Waals surface area contributed by atoms with Gasteiger partial charge in [-0.25, -0.2) is 4.98 Å². The number of hydrogen-bond donors (Lipinski definition) is 1. The van der Waals surface area contributed by atoms with E-state index in [2.05, 4.69) is 44.0 Å². The summed E-state index contributed by atoms with van der Waals surface area (Å²) in [5, 5.41) is 3.78. The highest BCUT2D eigenvalue weighted by Crippen LogP contribution is 2.47. The van der Waals surface area contributed by atoms with Crippen LogP contribution in [-0.2, 0) is 0 Å². The first-order valence-corrected chi connectivity index (χ1v) is 9.01. The number of halogens is 1. The first-order valence-electron chi connectivity index (χ1n) is 8.22. The molecule has 0 amide bonds. The SMILES string of the molecule is Brc1ccc2c(c1)nc(C1NCC3CCCC31)n2C1CC1. The standard InChI is InChI=1S/C17H20BrN3/c18-11-4-7-15-14(8-11)20-17(21(15)12-5-6-12)16-13-3-1-2-10(13)9-19-16/h4,7-8,10,12-13,16,19H,1-3,5-6,9H2. The second-order valence-corrected chi connectivity index (χ2v) is 7.86. The Kier molecular flexibility index (Phi) is 2.75. The molecule has 0 spiro atoms. The number of hydrogen-bond acceptors (Lipinski definition) is 2. The molecule has 2 saturated carbocycles. The van der Waals surface area contributed by atoms with Gasteiger partial charge in [0.1, 0.15) is 5.82 Å². The van der Waals surface area contributed by atoms with E-state index in [1.54, 1.807) is 0 Å². The zero-order valence-electron chi connectivity index (χ0n) is 12.1. The normalized spacial score (nSPS) is 32.0. The van der Waals surface area contributed by atoms with Crippen molar-refractivity contribution in [2.45, 2.75) is 44.2 Å².